The van der Waals surface area contributed by atoms with Crippen molar-refractivity contribution in [3.8, 4) is 16.9 Å². The van der Waals surface area contributed by atoms with Crippen LogP contribution in [0.3, 0.4) is 0 Å². The maximum atomic E-state index is 9.10. The first kappa shape index (κ1) is 17.5. The minimum atomic E-state index is -1.43. The molecule has 23 heavy (non-hydrogen) atoms. The van der Waals surface area contributed by atoms with Gasteiger partial charge < -0.3 is 19.5 Å². The number of unbranched alkanes of at least 4 members (excludes halogenated alkanes) is 2. The average molecular weight is 314 g/mol. The molecule has 4 nitrogen and oxygen atoms in total. The summed E-state index contributed by atoms with van der Waals surface area (Å²) in [6.07, 6.45) is 3.20. The molecule has 0 radical (unpaired) electrons. The molecule has 0 bridgehead atoms. The van der Waals surface area contributed by atoms with Crippen LogP contribution in [0, 0.1) is 0 Å². The fourth-order valence-electron chi connectivity index (χ4n) is 2.31. The van der Waals surface area contributed by atoms with Gasteiger partial charge in [-0.2, -0.15) is 0 Å². The van der Waals surface area contributed by atoms with Crippen molar-refractivity contribution in [1.82, 2.24) is 0 Å². The van der Waals surface area contributed by atoms with Gasteiger partial charge in [0.1, 0.15) is 5.75 Å². The van der Waals surface area contributed by atoms with Gasteiger partial charge in [-0.1, -0.05) is 36.4 Å². The maximum absolute atomic E-state index is 9.10. The van der Waals surface area contributed by atoms with Crippen LogP contribution in [-0.2, 0) is 4.74 Å². The number of rotatable bonds is 9. The Morgan fingerprint density at radius 3 is 1.91 bits per heavy atom. The van der Waals surface area contributed by atoms with Crippen molar-refractivity contribution >= 4 is 12.6 Å². The third-order valence-corrected chi connectivity index (χ3v) is 3.66. The Morgan fingerprint density at radius 1 is 0.783 bits per heavy atom. The van der Waals surface area contributed by atoms with E-state index in [0.29, 0.717) is 12.1 Å². The molecule has 0 aliphatic heterocycles. The van der Waals surface area contributed by atoms with Gasteiger partial charge in [-0.25, -0.2) is 0 Å². The van der Waals surface area contributed by atoms with E-state index in [-0.39, 0.29) is 0 Å². The largest absolute Gasteiger partial charge is 0.494 e. The molecule has 0 fully saturated rings. The summed E-state index contributed by atoms with van der Waals surface area (Å²) in [5.41, 5.74) is 2.58. The van der Waals surface area contributed by atoms with Gasteiger partial charge in [0.15, 0.2) is 0 Å². The summed E-state index contributed by atoms with van der Waals surface area (Å²) in [6.45, 7) is 1.52. The molecule has 0 heterocycles. The van der Waals surface area contributed by atoms with Crippen LogP contribution in [0.5, 0.6) is 5.75 Å². The maximum Gasteiger partial charge on any atom is 0.488 e. The molecule has 0 saturated carbocycles. The van der Waals surface area contributed by atoms with Crippen molar-refractivity contribution in [3.63, 3.8) is 0 Å². The first-order valence-corrected chi connectivity index (χ1v) is 7.89. The number of methoxy groups -OCH3 is 1. The second-order valence-corrected chi connectivity index (χ2v) is 5.42. The summed E-state index contributed by atoms with van der Waals surface area (Å²) in [4.78, 5) is 0. The molecule has 2 aromatic rings. The van der Waals surface area contributed by atoms with Crippen molar-refractivity contribution < 1.29 is 19.5 Å². The molecule has 0 unspecified atom stereocenters. The lowest BCUT2D eigenvalue weighted by atomic mass is 9.80. The third kappa shape index (κ3) is 5.71. The van der Waals surface area contributed by atoms with Crippen molar-refractivity contribution in [2.75, 3.05) is 20.3 Å². The van der Waals surface area contributed by atoms with Crippen LogP contribution in [0.15, 0.2) is 48.5 Å². The van der Waals surface area contributed by atoms with E-state index in [0.717, 1.165) is 42.7 Å². The van der Waals surface area contributed by atoms with Gasteiger partial charge in [0.25, 0.3) is 0 Å². The van der Waals surface area contributed by atoms with Gasteiger partial charge in [0, 0.05) is 13.7 Å². The molecule has 122 valence electrons. The van der Waals surface area contributed by atoms with E-state index in [1.807, 2.05) is 36.4 Å². The van der Waals surface area contributed by atoms with Crippen LogP contribution in [0.25, 0.3) is 11.1 Å². The molecule has 5 heteroatoms. The normalized spacial score (nSPS) is 10.6. The fraction of sp³-hybridized carbons (Fsp3) is 0.333. The van der Waals surface area contributed by atoms with Crippen molar-refractivity contribution in [2.45, 2.75) is 19.3 Å². The fourth-order valence-corrected chi connectivity index (χ4v) is 2.31. The van der Waals surface area contributed by atoms with Crippen molar-refractivity contribution in [2.24, 2.45) is 0 Å². The van der Waals surface area contributed by atoms with Crippen LogP contribution in [0.1, 0.15) is 19.3 Å². The number of hydrogen-bond acceptors (Lipinski definition) is 4. The van der Waals surface area contributed by atoms with E-state index in [4.69, 9.17) is 19.5 Å². The predicted molar refractivity (Wildman–Crippen MR) is 92.9 cm³/mol. The van der Waals surface area contributed by atoms with Gasteiger partial charge in [-0.15, -0.1) is 0 Å². The predicted octanol–water partition coefficient (Wildman–Crippen LogP) is 2.23. The summed E-state index contributed by atoms with van der Waals surface area (Å²) >= 11 is 0. The monoisotopic (exact) mass is 314 g/mol. The lowest BCUT2D eigenvalue weighted by molar-refractivity contribution is 0.189. The molecule has 0 aliphatic rings. The zero-order chi connectivity index (χ0) is 16.5. The highest BCUT2D eigenvalue weighted by atomic mass is 16.5. The highest BCUT2D eigenvalue weighted by Gasteiger charge is 2.10. The lowest BCUT2D eigenvalue weighted by Gasteiger charge is -2.08. The highest BCUT2D eigenvalue weighted by Crippen LogP contribution is 2.22. The summed E-state index contributed by atoms with van der Waals surface area (Å²) in [5, 5.41) is 18.2. The first-order chi connectivity index (χ1) is 11.2. The van der Waals surface area contributed by atoms with E-state index >= 15 is 0 Å². The van der Waals surface area contributed by atoms with Gasteiger partial charge in [-0.3, -0.25) is 0 Å². The van der Waals surface area contributed by atoms with E-state index in [1.165, 1.54) is 0 Å². The minimum absolute atomic E-state index is 0.488. The Kier molecular flexibility index (Phi) is 7.13. The molecule has 0 amide bonds. The number of hydrogen-bond donors (Lipinski definition) is 2. The molecular formula is C18H23BO4. The van der Waals surface area contributed by atoms with E-state index in [2.05, 4.69) is 0 Å². The topological polar surface area (TPSA) is 58.9 Å². The molecule has 0 atom stereocenters. The van der Waals surface area contributed by atoms with Gasteiger partial charge >= 0.3 is 7.12 Å². The van der Waals surface area contributed by atoms with Crippen molar-refractivity contribution in [3.05, 3.63) is 48.5 Å². The summed E-state index contributed by atoms with van der Waals surface area (Å²) in [7, 11) is 0.293. The molecule has 2 aromatic carbocycles. The van der Waals surface area contributed by atoms with Crippen LogP contribution in [0.4, 0.5) is 0 Å². The summed E-state index contributed by atoms with van der Waals surface area (Å²) < 4.78 is 10.7. The Morgan fingerprint density at radius 2 is 1.35 bits per heavy atom. The zero-order valence-electron chi connectivity index (χ0n) is 13.4. The quantitative estimate of drug-likeness (QED) is 0.550. The zero-order valence-corrected chi connectivity index (χ0v) is 13.4. The highest BCUT2D eigenvalue weighted by molar-refractivity contribution is 6.58. The van der Waals surface area contributed by atoms with Gasteiger partial charge in [-0.05, 0) is 48.0 Å². The minimum Gasteiger partial charge on any atom is -0.494 e. The molecular weight excluding hydrogens is 291 g/mol. The van der Waals surface area contributed by atoms with Gasteiger partial charge in [0.05, 0.1) is 6.61 Å². The van der Waals surface area contributed by atoms with Crippen LogP contribution < -0.4 is 10.2 Å². The average Bonchev–Trinajstić information content (AvgIpc) is 2.58. The second-order valence-electron chi connectivity index (χ2n) is 5.42. The second kappa shape index (κ2) is 9.35. The Balaban J connectivity index is 1.84. The molecule has 0 saturated heterocycles. The SMILES string of the molecule is COCCCCCOc1ccc(-c2ccc(B(O)O)cc2)cc1. The third-order valence-electron chi connectivity index (χ3n) is 3.66. The van der Waals surface area contributed by atoms with Gasteiger partial charge in [0.2, 0.25) is 0 Å². The Labute approximate surface area is 137 Å². The van der Waals surface area contributed by atoms with Crippen LogP contribution in [-0.4, -0.2) is 37.5 Å². The smallest absolute Gasteiger partial charge is 0.488 e. The number of ether oxygens (including phenoxy) is 2. The molecule has 2 rings (SSSR count). The first-order valence-electron chi connectivity index (χ1n) is 7.89. The van der Waals surface area contributed by atoms with E-state index in [1.54, 1.807) is 19.2 Å². The van der Waals surface area contributed by atoms with Crippen molar-refractivity contribution in [1.29, 1.82) is 0 Å². The molecule has 2 N–H and O–H groups in total. The van der Waals surface area contributed by atoms with Crippen LogP contribution in [0.2, 0.25) is 0 Å². The molecule has 0 aromatic heterocycles. The Bertz CT molecular complexity index is 567. The number of benzene rings is 2. The molecule has 0 aliphatic carbocycles. The van der Waals surface area contributed by atoms with Crippen LogP contribution >= 0.6 is 0 Å². The lowest BCUT2D eigenvalue weighted by Crippen LogP contribution is -2.29. The van der Waals surface area contributed by atoms with E-state index < -0.39 is 7.12 Å². The molecule has 0 spiro atoms. The summed E-state index contributed by atoms with van der Waals surface area (Å²) in [5.74, 6) is 0.864. The van der Waals surface area contributed by atoms with E-state index in [9.17, 15) is 0 Å². The standard InChI is InChI=1S/C18H23BO4/c1-22-13-3-2-4-14-23-18-11-7-16(8-12-18)15-5-9-17(10-6-15)19(20)21/h5-12,20-21H,2-4,13-14H2,1H3. The Hall–Kier alpha value is -1.82. The summed E-state index contributed by atoms with van der Waals surface area (Å²) in [6, 6.07) is 15.1.